The minimum absolute atomic E-state index is 0.00514. The molecule has 1 unspecified atom stereocenters. The van der Waals surface area contributed by atoms with Crippen LogP contribution in [0.25, 0.3) is 0 Å². The Balaban J connectivity index is 2.62. The van der Waals surface area contributed by atoms with Crippen molar-refractivity contribution in [2.45, 2.75) is 45.6 Å². The number of unbranched alkanes of at least 4 members (excludes halogenated alkanes) is 3. The second kappa shape index (κ2) is 11.5. The molecule has 0 saturated carbocycles. The van der Waals surface area contributed by atoms with E-state index in [9.17, 15) is 4.79 Å². The zero-order chi connectivity index (χ0) is 17.8. The van der Waals surface area contributed by atoms with Gasteiger partial charge in [0.1, 0.15) is 6.54 Å². The number of aliphatic imine (C=N–C) groups is 1. The quantitative estimate of drug-likeness (QED) is 0.415. The first-order valence-corrected chi connectivity index (χ1v) is 8.84. The van der Waals surface area contributed by atoms with Crippen LogP contribution in [-0.2, 0) is 4.79 Å². The van der Waals surface area contributed by atoms with E-state index in [4.69, 9.17) is 0 Å². The van der Waals surface area contributed by atoms with Gasteiger partial charge in [0, 0.05) is 20.6 Å². The topological polar surface area (TPSA) is 56.7 Å². The highest BCUT2D eigenvalue weighted by Gasteiger charge is 2.09. The first-order valence-electron chi connectivity index (χ1n) is 8.84. The third kappa shape index (κ3) is 7.99. The molecule has 0 heterocycles. The molecule has 1 atom stereocenters. The highest BCUT2D eigenvalue weighted by atomic mass is 16.2. The van der Waals surface area contributed by atoms with Gasteiger partial charge in [-0.15, -0.1) is 0 Å². The van der Waals surface area contributed by atoms with Crippen molar-refractivity contribution in [1.29, 1.82) is 0 Å². The van der Waals surface area contributed by atoms with Gasteiger partial charge in [-0.3, -0.25) is 4.79 Å². The molecule has 2 N–H and O–H groups in total. The van der Waals surface area contributed by atoms with Gasteiger partial charge in [-0.2, -0.15) is 0 Å². The van der Waals surface area contributed by atoms with E-state index in [1.54, 1.807) is 19.0 Å². The highest BCUT2D eigenvalue weighted by Crippen LogP contribution is 2.10. The second-order valence-electron chi connectivity index (χ2n) is 6.22. The predicted molar refractivity (Wildman–Crippen MR) is 101 cm³/mol. The van der Waals surface area contributed by atoms with E-state index in [-0.39, 0.29) is 18.5 Å². The molecule has 1 aromatic rings. The fourth-order valence-corrected chi connectivity index (χ4v) is 2.23. The lowest BCUT2D eigenvalue weighted by molar-refractivity contribution is -0.127. The van der Waals surface area contributed by atoms with E-state index in [0.29, 0.717) is 5.96 Å². The molecule has 0 aliphatic carbocycles. The molecule has 0 saturated heterocycles. The molecular weight excluding hydrogens is 300 g/mol. The molecule has 0 fully saturated rings. The van der Waals surface area contributed by atoms with Crippen molar-refractivity contribution in [2.75, 3.05) is 27.2 Å². The molecule has 1 rings (SSSR count). The minimum Gasteiger partial charge on any atom is -0.356 e. The molecular formula is C19H32N4O. The van der Waals surface area contributed by atoms with Gasteiger partial charge in [0.25, 0.3) is 0 Å². The lowest BCUT2D eigenvalue weighted by Crippen LogP contribution is -2.40. The molecule has 1 aromatic carbocycles. The third-order valence-corrected chi connectivity index (χ3v) is 3.85. The summed E-state index contributed by atoms with van der Waals surface area (Å²) in [5.41, 5.74) is 1.19. The summed E-state index contributed by atoms with van der Waals surface area (Å²) in [4.78, 5) is 17.8. The van der Waals surface area contributed by atoms with Crippen molar-refractivity contribution < 1.29 is 4.79 Å². The number of rotatable bonds is 9. The van der Waals surface area contributed by atoms with Crippen molar-refractivity contribution >= 4 is 11.9 Å². The first-order chi connectivity index (χ1) is 11.5. The van der Waals surface area contributed by atoms with Crippen molar-refractivity contribution in [3.8, 4) is 0 Å². The van der Waals surface area contributed by atoms with Crippen LogP contribution >= 0.6 is 0 Å². The molecule has 0 aliphatic rings. The molecule has 0 aromatic heterocycles. The fourth-order valence-electron chi connectivity index (χ4n) is 2.23. The monoisotopic (exact) mass is 332 g/mol. The summed E-state index contributed by atoms with van der Waals surface area (Å²) >= 11 is 0. The fraction of sp³-hybridized carbons (Fsp3) is 0.579. The molecule has 1 amide bonds. The lowest BCUT2D eigenvalue weighted by Gasteiger charge is -2.19. The van der Waals surface area contributed by atoms with Gasteiger partial charge >= 0.3 is 0 Å². The standard InChI is InChI=1S/C19H32N4O/c1-5-6-7-11-14-20-19(21-15-18(24)23(3)4)22-16(2)17-12-9-8-10-13-17/h8-10,12-13,16H,5-7,11,14-15H2,1-4H3,(H2,20,21,22). The highest BCUT2D eigenvalue weighted by molar-refractivity contribution is 5.85. The maximum absolute atomic E-state index is 11.8. The zero-order valence-electron chi connectivity index (χ0n) is 15.5. The Morgan fingerprint density at radius 3 is 2.50 bits per heavy atom. The van der Waals surface area contributed by atoms with Crippen molar-refractivity contribution in [2.24, 2.45) is 4.99 Å². The normalized spacial score (nSPS) is 12.6. The Labute approximate surface area is 146 Å². The number of likely N-dealkylation sites (N-methyl/N-ethyl adjacent to an activating group) is 1. The van der Waals surface area contributed by atoms with Crippen LogP contribution in [0.1, 0.15) is 51.1 Å². The predicted octanol–water partition coefficient (Wildman–Crippen LogP) is 2.95. The summed E-state index contributed by atoms with van der Waals surface area (Å²) in [7, 11) is 3.49. The van der Waals surface area contributed by atoms with Gasteiger partial charge < -0.3 is 15.5 Å². The largest absolute Gasteiger partial charge is 0.356 e. The van der Waals surface area contributed by atoms with Crippen molar-refractivity contribution in [3.63, 3.8) is 0 Å². The van der Waals surface area contributed by atoms with Gasteiger partial charge in [0.05, 0.1) is 6.04 Å². The number of benzene rings is 1. The van der Waals surface area contributed by atoms with Crippen LogP contribution in [0.5, 0.6) is 0 Å². The number of carbonyl (C=O) groups is 1. The number of carbonyl (C=O) groups excluding carboxylic acids is 1. The van der Waals surface area contributed by atoms with E-state index in [1.165, 1.54) is 24.8 Å². The molecule has 0 aliphatic heterocycles. The van der Waals surface area contributed by atoms with Crippen molar-refractivity contribution in [3.05, 3.63) is 35.9 Å². The Kier molecular flexibility index (Phi) is 9.58. The summed E-state index contributed by atoms with van der Waals surface area (Å²) in [6.45, 7) is 5.32. The van der Waals surface area contributed by atoms with Crippen molar-refractivity contribution in [1.82, 2.24) is 15.5 Å². The Hall–Kier alpha value is -2.04. The lowest BCUT2D eigenvalue weighted by atomic mass is 10.1. The summed E-state index contributed by atoms with van der Waals surface area (Å²) in [6.07, 6.45) is 4.79. The van der Waals surface area contributed by atoms with E-state index in [2.05, 4.69) is 41.6 Å². The SMILES string of the molecule is CCCCCCNC(=NCC(=O)N(C)C)NC(C)c1ccccc1. The Morgan fingerprint density at radius 2 is 1.88 bits per heavy atom. The van der Waals surface area contributed by atoms with Crippen LogP contribution in [-0.4, -0.2) is 44.0 Å². The average Bonchev–Trinajstić information content (AvgIpc) is 2.59. The van der Waals surface area contributed by atoms with Crippen LogP contribution in [0.4, 0.5) is 0 Å². The summed E-state index contributed by atoms with van der Waals surface area (Å²) in [5.74, 6) is 0.687. The number of amides is 1. The molecule has 0 radical (unpaired) electrons. The van der Waals surface area contributed by atoms with Crippen LogP contribution in [0.3, 0.4) is 0 Å². The molecule has 134 valence electrons. The van der Waals surface area contributed by atoms with Crippen LogP contribution in [0.2, 0.25) is 0 Å². The maximum atomic E-state index is 11.8. The van der Waals surface area contributed by atoms with Crippen LogP contribution in [0.15, 0.2) is 35.3 Å². The number of hydrogen-bond donors (Lipinski definition) is 2. The van der Waals surface area contributed by atoms with Gasteiger partial charge in [-0.1, -0.05) is 56.5 Å². The summed E-state index contributed by atoms with van der Waals surface area (Å²) in [6, 6.07) is 10.4. The molecule has 24 heavy (non-hydrogen) atoms. The third-order valence-electron chi connectivity index (χ3n) is 3.85. The summed E-state index contributed by atoms with van der Waals surface area (Å²) in [5, 5.41) is 6.73. The van der Waals surface area contributed by atoms with E-state index in [0.717, 1.165) is 13.0 Å². The van der Waals surface area contributed by atoms with E-state index < -0.39 is 0 Å². The van der Waals surface area contributed by atoms with Crippen LogP contribution in [0, 0.1) is 0 Å². The van der Waals surface area contributed by atoms with Gasteiger partial charge in [0.2, 0.25) is 5.91 Å². The number of nitrogens with zero attached hydrogens (tertiary/aromatic N) is 2. The molecule has 0 spiro atoms. The maximum Gasteiger partial charge on any atom is 0.243 e. The van der Waals surface area contributed by atoms with E-state index in [1.807, 2.05) is 18.2 Å². The van der Waals surface area contributed by atoms with Gasteiger partial charge in [-0.25, -0.2) is 4.99 Å². The van der Waals surface area contributed by atoms with Gasteiger partial charge in [-0.05, 0) is 18.9 Å². The summed E-state index contributed by atoms with van der Waals surface area (Å²) < 4.78 is 0. The number of nitrogens with one attached hydrogen (secondary N) is 2. The van der Waals surface area contributed by atoms with Gasteiger partial charge in [0.15, 0.2) is 5.96 Å². The molecule has 5 nitrogen and oxygen atoms in total. The van der Waals surface area contributed by atoms with Crippen LogP contribution < -0.4 is 10.6 Å². The molecule has 0 bridgehead atoms. The first kappa shape index (κ1) is 20.0. The minimum atomic E-state index is -0.00514. The molecule has 5 heteroatoms. The zero-order valence-corrected chi connectivity index (χ0v) is 15.5. The van der Waals surface area contributed by atoms with E-state index >= 15 is 0 Å². The average molecular weight is 332 g/mol. The second-order valence-corrected chi connectivity index (χ2v) is 6.22. The smallest absolute Gasteiger partial charge is 0.243 e. The Bertz CT molecular complexity index is 499. The Morgan fingerprint density at radius 1 is 1.17 bits per heavy atom. The number of guanidine groups is 1. The number of hydrogen-bond acceptors (Lipinski definition) is 2.